The molecule has 16 heteroatoms. The highest BCUT2D eigenvalue weighted by molar-refractivity contribution is 8.76. The number of aliphatic carboxylic acids is 6. The molecule has 0 aromatic heterocycles. The molecule has 1 unspecified atom stereocenters. The minimum Gasteiger partial charge on any atom is -0.480 e. The number of carboxylic acid groups (broad SMARTS) is 6. The molecular formula is C14H20N2O12S2. The fourth-order valence-corrected chi connectivity index (χ4v) is 4.65. The molecule has 0 saturated carbocycles. The van der Waals surface area contributed by atoms with E-state index in [1.54, 1.807) is 0 Å². The van der Waals surface area contributed by atoms with Gasteiger partial charge in [0, 0.05) is 11.5 Å². The van der Waals surface area contributed by atoms with E-state index in [9.17, 15) is 39.0 Å². The van der Waals surface area contributed by atoms with Crippen LogP contribution in [-0.2, 0) is 28.8 Å². The van der Waals surface area contributed by atoms with Gasteiger partial charge in [-0.1, -0.05) is 21.6 Å². The van der Waals surface area contributed by atoms with Crippen LogP contribution in [0, 0.1) is 0 Å². The van der Waals surface area contributed by atoms with Crippen molar-refractivity contribution in [3.05, 3.63) is 0 Å². The molecule has 170 valence electrons. The van der Waals surface area contributed by atoms with Gasteiger partial charge in [0.1, 0.15) is 12.1 Å². The van der Waals surface area contributed by atoms with Gasteiger partial charge in [0.2, 0.25) is 0 Å². The largest absolute Gasteiger partial charge is 0.480 e. The molecule has 2 atom stereocenters. The summed E-state index contributed by atoms with van der Waals surface area (Å²) in [6.07, 6.45) is 0. The average molecular weight is 472 g/mol. The van der Waals surface area contributed by atoms with Crippen molar-refractivity contribution in [2.75, 3.05) is 37.7 Å². The maximum absolute atomic E-state index is 11.4. The first-order valence-corrected chi connectivity index (χ1v) is 10.4. The van der Waals surface area contributed by atoms with Crippen molar-refractivity contribution in [3.8, 4) is 0 Å². The summed E-state index contributed by atoms with van der Waals surface area (Å²) in [5.41, 5.74) is 0. The summed E-state index contributed by atoms with van der Waals surface area (Å²) in [6.45, 7) is -3.40. The Balaban J connectivity index is 5.09. The smallest absolute Gasteiger partial charge is 0.321 e. The van der Waals surface area contributed by atoms with Gasteiger partial charge >= 0.3 is 35.8 Å². The van der Waals surface area contributed by atoms with Crippen molar-refractivity contribution in [2.24, 2.45) is 0 Å². The van der Waals surface area contributed by atoms with E-state index in [1.807, 2.05) is 0 Å². The molecule has 0 rings (SSSR count). The van der Waals surface area contributed by atoms with Gasteiger partial charge in [0.05, 0.1) is 26.2 Å². The lowest BCUT2D eigenvalue weighted by molar-refractivity contribution is -0.151. The zero-order chi connectivity index (χ0) is 23.4. The van der Waals surface area contributed by atoms with Crippen molar-refractivity contribution in [1.82, 2.24) is 9.80 Å². The van der Waals surface area contributed by atoms with Gasteiger partial charge in [0.15, 0.2) is 0 Å². The minimum atomic E-state index is -1.51. The molecule has 0 spiro atoms. The fourth-order valence-electron chi connectivity index (χ4n) is 2.14. The van der Waals surface area contributed by atoms with Crippen molar-refractivity contribution >= 4 is 57.4 Å². The van der Waals surface area contributed by atoms with Crippen LogP contribution in [0.1, 0.15) is 0 Å². The Morgan fingerprint density at radius 2 is 0.767 bits per heavy atom. The van der Waals surface area contributed by atoms with Crippen LogP contribution in [0.5, 0.6) is 0 Å². The zero-order valence-electron chi connectivity index (χ0n) is 15.2. The molecule has 14 nitrogen and oxygen atoms in total. The molecule has 0 aromatic carbocycles. The Morgan fingerprint density at radius 1 is 0.533 bits per heavy atom. The van der Waals surface area contributed by atoms with Crippen LogP contribution in [-0.4, -0.2) is 126 Å². The number of carboxylic acids is 6. The topological polar surface area (TPSA) is 230 Å². The second-order valence-electron chi connectivity index (χ2n) is 5.66. The van der Waals surface area contributed by atoms with E-state index in [0.29, 0.717) is 9.80 Å². The molecule has 0 heterocycles. The van der Waals surface area contributed by atoms with Gasteiger partial charge in [-0.3, -0.25) is 38.6 Å². The van der Waals surface area contributed by atoms with Crippen LogP contribution in [0.2, 0.25) is 0 Å². The Kier molecular flexibility index (Phi) is 12.5. The highest BCUT2D eigenvalue weighted by Gasteiger charge is 2.31. The van der Waals surface area contributed by atoms with E-state index < -0.39 is 74.1 Å². The van der Waals surface area contributed by atoms with Crippen LogP contribution < -0.4 is 0 Å². The third-order valence-electron chi connectivity index (χ3n) is 3.34. The average Bonchev–Trinajstić information content (AvgIpc) is 2.54. The van der Waals surface area contributed by atoms with Crippen LogP contribution in [0.3, 0.4) is 0 Å². The molecule has 30 heavy (non-hydrogen) atoms. The molecule has 0 aromatic rings. The molecule has 0 aliphatic heterocycles. The number of hydrogen-bond donors (Lipinski definition) is 6. The van der Waals surface area contributed by atoms with Gasteiger partial charge in [-0.15, -0.1) is 0 Å². The number of carbonyl (C=O) groups is 6. The predicted octanol–water partition coefficient (Wildman–Crippen LogP) is -1.78. The Hall–Kier alpha value is -2.56. The number of hydrogen-bond acceptors (Lipinski definition) is 10. The Labute approximate surface area is 176 Å². The first kappa shape index (κ1) is 27.4. The van der Waals surface area contributed by atoms with Crippen molar-refractivity contribution in [2.45, 2.75) is 12.1 Å². The van der Waals surface area contributed by atoms with Crippen molar-refractivity contribution in [1.29, 1.82) is 0 Å². The Bertz CT molecular complexity index is 585. The molecule has 6 N–H and O–H groups in total. The van der Waals surface area contributed by atoms with Gasteiger partial charge in [-0.25, -0.2) is 0 Å². The van der Waals surface area contributed by atoms with E-state index in [2.05, 4.69) is 0 Å². The van der Waals surface area contributed by atoms with E-state index in [0.717, 1.165) is 21.6 Å². The SMILES string of the molecule is O=C(O)CN(CC(=O)O)C(CSSC[C@@H](C(=O)O)N(CC(=O)O)CC(=O)O)C(=O)O. The molecule has 0 saturated heterocycles. The van der Waals surface area contributed by atoms with Crippen LogP contribution in [0.25, 0.3) is 0 Å². The fraction of sp³-hybridized carbons (Fsp3) is 0.571. The van der Waals surface area contributed by atoms with E-state index in [-0.39, 0.29) is 11.5 Å². The monoisotopic (exact) mass is 472 g/mol. The quantitative estimate of drug-likeness (QED) is 0.101. The summed E-state index contributed by atoms with van der Waals surface area (Å²) in [4.78, 5) is 67.7. The summed E-state index contributed by atoms with van der Waals surface area (Å²) in [6, 6.07) is -3.01. The predicted molar refractivity (Wildman–Crippen MR) is 101 cm³/mol. The van der Waals surface area contributed by atoms with E-state index >= 15 is 0 Å². The molecule has 0 aliphatic rings. The van der Waals surface area contributed by atoms with Crippen molar-refractivity contribution < 1.29 is 59.4 Å². The summed E-state index contributed by atoms with van der Waals surface area (Å²) < 4.78 is 0. The molecule has 0 fully saturated rings. The Morgan fingerprint density at radius 3 is 0.933 bits per heavy atom. The normalized spacial score (nSPS) is 13.0. The second kappa shape index (κ2) is 13.6. The summed E-state index contributed by atoms with van der Waals surface area (Å²) >= 11 is 0. The van der Waals surface area contributed by atoms with Crippen LogP contribution >= 0.6 is 21.6 Å². The lowest BCUT2D eigenvalue weighted by Crippen LogP contribution is -2.48. The zero-order valence-corrected chi connectivity index (χ0v) is 16.9. The molecule has 0 bridgehead atoms. The lowest BCUT2D eigenvalue weighted by Gasteiger charge is -2.26. The van der Waals surface area contributed by atoms with E-state index in [4.69, 9.17) is 20.4 Å². The first-order valence-electron chi connectivity index (χ1n) is 7.90. The molecule has 0 amide bonds. The molecular weight excluding hydrogens is 452 g/mol. The first-order chi connectivity index (χ1) is 13.8. The van der Waals surface area contributed by atoms with Gasteiger partial charge in [-0.2, -0.15) is 0 Å². The summed E-state index contributed by atoms with van der Waals surface area (Å²) in [5.74, 6) is -9.37. The van der Waals surface area contributed by atoms with Crippen molar-refractivity contribution in [3.63, 3.8) is 0 Å². The van der Waals surface area contributed by atoms with Crippen LogP contribution in [0.15, 0.2) is 0 Å². The van der Waals surface area contributed by atoms with E-state index in [1.165, 1.54) is 0 Å². The van der Waals surface area contributed by atoms with Gasteiger partial charge in [0.25, 0.3) is 0 Å². The van der Waals surface area contributed by atoms with Crippen LogP contribution in [0.4, 0.5) is 0 Å². The maximum Gasteiger partial charge on any atom is 0.321 e. The van der Waals surface area contributed by atoms with Gasteiger partial charge < -0.3 is 30.6 Å². The highest BCUT2D eigenvalue weighted by atomic mass is 33.1. The maximum atomic E-state index is 11.4. The second-order valence-corrected chi connectivity index (χ2v) is 8.21. The molecule has 0 aliphatic carbocycles. The lowest BCUT2D eigenvalue weighted by atomic mass is 10.2. The van der Waals surface area contributed by atoms with Gasteiger partial charge in [-0.05, 0) is 0 Å². The molecule has 0 radical (unpaired) electrons. The summed E-state index contributed by atoms with van der Waals surface area (Å²) in [7, 11) is 1.59. The summed E-state index contributed by atoms with van der Waals surface area (Å²) in [5, 5.41) is 53.9. The number of nitrogens with zero attached hydrogens (tertiary/aromatic N) is 2. The third-order valence-corrected chi connectivity index (χ3v) is 5.73. The third kappa shape index (κ3) is 11.4. The minimum absolute atomic E-state index is 0.315. The highest BCUT2D eigenvalue weighted by Crippen LogP contribution is 2.26. The standard InChI is InChI=1S/C14H20N2O12S2/c17-9(18)1-15(2-10(19)20)7(13(25)26)5-29-30-6-8(14(27)28)16(3-11(21)22)4-12(23)24/h7-8H,1-6H2,(H,17,18)(H,19,20)(H,21,22)(H,23,24)(H,25,26)(H,27,28)/t7-,8?/m0/s1. The number of rotatable bonds is 17.